The minimum Gasteiger partial charge on any atom is -0.372 e. The highest BCUT2D eigenvalue weighted by atomic mass is 16.5. The Morgan fingerprint density at radius 1 is 1.69 bits per heavy atom. The van der Waals surface area contributed by atoms with Crippen LogP contribution in [0.2, 0.25) is 0 Å². The molecular weight excluding hydrogens is 202 g/mol. The minimum absolute atomic E-state index is 0.280. The van der Waals surface area contributed by atoms with Crippen LogP contribution in [0.4, 0.5) is 5.95 Å². The van der Waals surface area contributed by atoms with Gasteiger partial charge >= 0.3 is 0 Å². The van der Waals surface area contributed by atoms with Crippen LogP contribution in [0, 0.1) is 6.92 Å². The lowest BCUT2D eigenvalue weighted by Gasteiger charge is -2.16. The fraction of sp³-hybridized carbons (Fsp3) is 0.500. The summed E-state index contributed by atoms with van der Waals surface area (Å²) in [7, 11) is 0. The molecule has 86 valence electrons. The van der Waals surface area contributed by atoms with E-state index in [0.29, 0.717) is 6.61 Å². The minimum atomic E-state index is 0.280. The van der Waals surface area contributed by atoms with Crippen molar-refractivity contribution in [1.82, 2.24) is 9.97 Å². The lowest BCUT2D eigenvalue weighted by atomic mass is 10.3. The highest BCUT2D eigenvalue weighted by Gasteiger charge is 2.24. The maximum absolute atomic E-state index is 5.62. The van der Waals surface area contributed by atoms with Crippen molar-refractivity contribution in [3.63, 3.8) is 0 Å². The van der Waals surface area contributed by atoms with Crippen molar-refractivity contribution in [2.24, 2.45) is 0 Å². The Kier molecular flexibility index (Phi) is 3.51. The molecule has 1 aromatic rings. The standard InChI is InChI=1S/C12H17N3O/c1-3-8-16-11-5-7-15(9-11)12-13-6-4-10(2)14-12/h3-4,6,11H,1,5,7-9H2,2H3. The van der Waals surface area contributed by atoms with Gasteiger partial charge in [0.05, 0.1) is 12.7 Å². The van der Waals surface area contributed by atoms with Gasteiger partial charge in [0, 0.05) is 25.0 Å². The van der Waals surface area contributed by atoms with Crippen LogP contribution in [0.5, 0.6) is 0 Å². The fourth-order valence-corrected chi connectivity index (χ4v) is 1.84. The van der Waals surface area contributed by atoms with E-state index < -0.39 is 0 Å². The predicted octanol–water partition coefficient (Wildman–Crippen LogP) is 1.57. The molecule has 16 heavy (non-hydrogen) atoms. The van der Waals surface area contributed by atoms with Crippen molar-refractivity contribution < 1.29 is 4.74 Å². The van der Waals surface area contributed by atoms with Gasteiger partial charge in [-0.2, -0.15) is 0 Å². The molecule has 2 rings (SSSR count). The first-order valence-corrected chi connectivity index (χ1v) is 5.56. The Bertz CT molecular complexity index is 367. The molecule has 0 N–H and O–H groups in total. The van der Waals surface area contributed by atoms with Crippen molar-refractivity contribution >= 4 is 5.95 Å². The fourth-order valence-electron chi connectivity index (χ4n) is 1.84. The van der Waals surface area contributed by atoms with Crippen molar-refractivity contribution in [1.29, 1.82) is 0 Å². The monoisotopic (exact) mass is 219 g/mol. The van der Waals surface area contributed by atoms with Crippen LogP contribution >= 0.6 is 0 Å². The summed E-state index contributed by atoms with van der Waals surface area (Å²) in [5.74, 6) is 0.810. The molecule has 0 spiro atoms. The summed E-state index contributed by atoms with van der Waals surface area (Å²) in [5.41, 5.74) is 1.00. The molecule has 1 aromatic heterocycles. The van der Waals surface area contributed by atoms with Crippen LogP contribution in [0.1, 0.15) is 12.1 Å². The smallest absolute Gasteiger partial charge is 0.225 e. The van der Waals surface area contributed by atoms with Gasteiger partial charge in [0.15, 0.2) is 0 Å². The number of nitrogens with zero attached hydrogens (tertiary/aromatic N) is 3. The van der Waals surface area contributed by atoms with E-state index in [1.54, 1.807) is 12.3 Å². The number of aryl methyl sites for hydroxylation is 1. The van der Waals surface area contributed by atoms with E-state index in [2.05, 4.69) is 21.4 Å². The Morgan fingerprint density at radius 3 is 3.31 bits per heavy atom. The van der Waals surface area contributed by atoms with Crippen LogP contribution in [0.3, 0.4) is 0 Å². The molecule has 4 nitrogen and oxygen atoms in total. The zero-order valence-corrected chi connectivity index (χ0v) is 9.59. The molecule has 0 saturated carbocycles. The molecule has 0 amide bonds. The average molecular weight is 219 g/mol. The van der Waals surface area contributed by atoms with Crippen molar-refractivity contribution in [2.45, 2.75) is 19.4 Å². The SMILES string of the molecule is C=CCOC1CCN(c2nccc(C)n2)C1. The van der Waals surface area contributed by atoms with Gasteiger partial charge in [0.2, 0.25) is 5.95 Å². The zero-order valence-electron chi connectivity index (χ0n) is 9.59. The van der Waals surface area contributed by atoms with E-state index in [4.69, 9.17) is 4.74 Å². The van der Waals surface area contributed by atoms with Gasteiger partial charge < -0.3 is 9.64 Å². The van der Waals surface area contributed by atoms with Crippen molar-refractivity contribution in [3.05, 3.63) is 30.6 Å². The van der Waals surface area contributed by atoms with Gasteiger partial charge in [0.25, 0.3) is 0 Å². The first kappa shape index (κ1) is 11.1. The summed E-state index contributed by atoms with van der Waals surface area (Å²) in [4.78, 5) is 10.9. The number of aromatic nitrogens is 2. The van der Waals surface area contributed by atoms with E-state index in [-0.39, 0.29) is 6.10 Å². The summed E-state index contributed by atoms with van der Waals surface area (Å²) in [6, 6.07) is 1.91. The maximum Gasteiger partial charge on any atom is 0.225 e. The first-order chi connectivity index (χ1) is 7.79. The summed E-state index contributed by atoms with van der Waals surface area (Å²) in [5, 5.41) is 0. The molecule has 4 heteroatoms. The maximum atomic E-state index is 5.62. The number of hydrogen-bond acceptors (Lipinski definition) is 4. The largest absolute Gasteiger partial charge is 0.372 e. The normalized spacial score (nSPS) is 20.1. The second kappa shape index (κ2) is 5.07. The quantitative estimate of drug-likeness (QED) is 0.720. The van der Waals surface area contributed by atoms with E-state index >= 15 is 0 Å². The Morgan fingerprint density at radius 2 is 2.56 bits per heavy atom. The van der Waals surface area contributed by atoms with E-state index in [9.17, 15) is 0 Å². The van der Waals surface area contributed by atoms with Crippen LogP contribution in [-0.2, 0) is 4.74 Å². The van der Waals surface area contributed by atoms with Crippen LogP contribution < -0.4 is 4.90 Å². The number of anilines is 1. The van der Waals surface area contributed by atoms with Gasteiger partial charge in [-0.1, -0.05) is 6.08 Å². The number of ether oxygens (including phenoxy) is 1. The first-order valence-electron chi connectivity index (χ1n) is 5.56. The summed E-state index contributed by atoms with van der Waals surface area (Å²) in [6.07, 6.45) is 4.90. The van der Waals surface area contributed by atoms with E-state index in [1.165, 1.54) is 0 Å². The van der Waals surface area contributed by atoms with Crippen LogP contribution in [-0.4, -0.2) is 35.8 Å². The molecular formula is C12H17N3O. The summed E-state index contributed by atoms with van der Waals surface area (Å²) in [6.45, 7) is 8.08. The molecule has 0 bridgehead atoms. The third-order valence-corrected chi connectivity index (χ3v) is 2.66. The zero-order chi connectivity index (χ0) is 11.4. The van der Waals surface area contributed by atoms with Gasteiger partial charge in [-0.05, 0) is 19.4 Å². The second-order valence-electron chi connectivity index (χ2n) is 3.98. The number of hydrogen-bond donors (Lipinski definition) is 0. The molecule has 1 atom stereocenters. The molecule has 1 aliphatic rings. The van der Waals surface area contributed by atoms with E-state index in [1.807, 2.05) is 13.0 Å². The highest BCUT2D eigenvalue weighted by molar-refractivity contribution is 5.32. The molecule has 1 unspecified atom stereocenters. The lowest BCUT2D eigenvalue weighted by molar-refractivity contribution is 0.0908. The molecule has 0 aromatic carbocycles. The third-order valence-electron chi connectivity index (χ3n) is 2.66. The van der Waals surface area contributed by atoms with Crippen LogP contribution in [0.25, 0.3) is 0 Å². The number of rotatable bonds is 4. The topological polar surface area (TPSA) is 38.2 Å². The Balaban J connectivity index is 1.95. The lowest BCUT2D eigenvalue weighted by Crippen LogP contribution is -2.24. The molecule has 1 fully saturated rings. The Labute approximate surface area is 96.0 Å². The second-order valence-corrected chi connectivity index (χ2v) is 3.98. The average Bonchev–Trinajstić information content (AvgIpc) is 2.75. The molecule has 0 radical (unpaired) electrons. The molecule has 0 aliphatic carbocycles. The molecule has 1 saturated heterocycles. The van der Waals surface area contributed by atoms with Crippen molar-refractivity contribution in [2.75, 3.05) is 24.6 Å². The van der Waals surface area contributed by atoms with Crippen LogP contribution in [0.15, 0.2) is 24.9 Å². The summed E-state index contributed by atoms with van der Waals surface area (Å²) >= 11 is 0. The van der Waals surface area contributed by atoms with E-state index in [0.717, 1.165) is 31.2 Å². The summed E-state index contributed by atoms with van der Waals surface area (Å²) < 4.78 is 5.62. The Hall–Kier alpha value is -1.42. The van der Waals surface area contributed by atoms with Gasteiger partial charge in [-0.25, -0.2) is 9.97 Å². The highest BCUT2D eigenvalue weighted by Crippen LogP contribution is 2.17. The van der Waals surface area contributed by atoms with Gasteiger partial charge in [-0.3, -0.25) is 0 Å². The molecule has 1 aliphatic heterocycles. The van der Waals surface area contributed by atoms with Crippen molar-refractivity contribution in [3.8, 4) is 0 Å². The third kappa shape index (κ3) is 2.58. The molecule has 2 heterocycles. The van der Waals surface area contributed by atoms with Gasteiger partial charge in [0.1, 0.15) is 0 Å². The van der Waals surface area contributed by atoms with Gasteiger partial charge in [-0.15, -0.1) is 6.58 Å². The predicted molar refractivity (Wildman–Crippen MR) is 63.5 cm³/mol.